The summed E-state index contributed by atoms with van der Waals surface area (Å²) in [7, 11) is 0. The highest BCUT2D eigenvalue weighted by Crippen LogP contribution is 2.38. The van der Waals surface area contributed by atoms with Crippen LogP contribution in [-0.4, -0.2) is 36.1 Å². The lowest BCUT2D eigenvalue weighted by atomic mass is 9.75. The van der Waals surface area contributed by atoms with Crippen molar-refractivity contribution in [2.45, 2.75) is 56.1 Å². The molecule has 1 aromatic carbocycles. The van der Waals surface area contributed by atoms with Crippen LogP contribution in [0.3, 0.4) is 0 Å². The minimum Gasteiger partial charge on any atom is -0.310 e. The molecular formula is C17H23FN2. The monoisotopic (exact) mass is 274 g/mol. The molecule has 4 rings (SSSR count). The van der Waals surface area contributed by atoms with Crippen LogP contribution in [0.25, 0.3) is 0 Å². The van der Waals surface area contributed by atoms with Crippen molar-refractivity contribution in [2.24, 2.45) is 0 Å². The Morgan fingerprint density at radius 3 is 2.90 bits per heavy atom. The highest BCUT2D eigenvalue weighted by molar-refractivity contribution is 5.24. The summed E-state index contributed by atoms with van der Waals surface area (Å²) < 4.78 is 13.2. The lowest BCUT2D eigenvalue weighted by Crippen LogP contribution is -2.49. The fraction of sp³-hybridized carbons (Fsp3) is 0.647. The lowest BCUT2D eigenvalue weighted by Gasteiger charge is -2.39. The standard InChI is InChI=1S/C17H23FN2/c18-14-4-1-3-12(9-14)13-10-15(11-13)19-16-6-8-20-7-2-5-17(16)20/h1,3-4,9,13,15-17,19H,2,5-8,10-11H2. The van der Waals surface area contributed by atoms with Crippen LogP contribution in [0.2, 0.25) is 0 Å². The van der Waals surface area contributed by atoms with E-state index in [-0.39, 0.29) is 5.82 Å². The number of rotatable bonds is 3. The van der Waals surface area contributed by atoms with Gasteiger partial charge in [0.25, 0.3) is 0 Å². The van der Waals surface area contributed by atoms with Gasteiger partial charge in [-0.15, -0.1) is 0 Å². The highest BCUT2D eigenvalue weighted by atomic mass is 19.1. The van der Waals surface area contributed by atoms with E-state index in [2.05, 4.69) is 16.3 Å². The minimum atomic E-state index is -0.101. The summed E-state index contributed by atoms with van der Waals surface area (Å²) >= 11 is 0. The van der Waals surface area contributed by atoms with Crippen molar-refractivity contribution >= 4 is 0 Å². The molecular weight excluding hydrogens is 251 g/mol. The van der Waals surface area contributed by atoms with Crippen molar-refractivity contribution in [3.05, 3.63) is 35.6 Å². The highest BCUT2D eigenvalue weighted by Gasteiger charge is 2.40. The zero-order valence-corrected chi connectivity index (χ0v) is 11.9. The van der Waals surface area contributed by atoms with Gasteiger partial charge in [0.1, 0.15) is 5.82 Å². The van der Waals surface area contributed by atoms with Crippen molar-refractivity contribution in [2.75, 3.05) is 13.1 Å². The van der Waals surface area contributed by atoms with Crippen molar-refractivity contribution in [3.8, 4) is 0 Å². The van der Waals surface area contributed by atoms with Gasteiger partial charge < -0.3 is 5.32 Å². The molecule has 2 aliphatic heterocycles. The van der Waals surface area contributed by atoms with Gasteiger partial charge in [0, 0.05) is 24.7 Å². The fourth-order valence-corrected chi connectivity index (χ4v) is 4.37. The lowest BCUT2D eigenvalue weighted by molar-refractivity contribution is 0.233. The number of nitrogens with zero attached hydrogens (tertiary/aromatic N) is 1. The average molecular weight is 274 g/mol. The van der Waals surface area contributed by atoms with E-state index in [0.29, 0.717) is 18.0 Å². The Labute approximate surface area is 120 Å². The molecule has 1 aliphatic carbocycles. The number of hydrogen-bond donors (Lipinski definition) is 1. The number of nitrogens with one attached hydrogen (secondary N) is 1. The molecule has 2 unspecified atom stereocenters. The number of hydrogen-bond acceptors (Lipinski definition) is 2. The Hall–Kier alpha value is -0.930. The first-order chi connectivity index (χ1) is 9.79. The molecule has 0 spiro atoms. The van der Waals surface area contributed by atoms with E-state index in [1.165, 1.54) is 56.8 Å². The zero-order chi connectivity index (χ0) is 13.5. The van der Waals surface area contributed by atoms with Gasteiger partial charge in [-0.05, 0) is 62.3 Å². The molecule has 20 heavy (non-hydrogen) atoms. The summed E-state index contributed by atoms with van der Waals surface area (Å²) in [6.45, 7) is 2.59. The second kappa shape index (κ2) is 5.12. The van der Waals surface area contributed by atoms with Gasteiger partial charge in [-0.2, -0.15) is 0 Å². The van der Waals surface area contributed by atoms with E-state index in [0.717, 1.165) is 6.04 Å². The van der Waals surface area contributed by atoms with Crippen LogP contribution in [0.4, 0.5) is 4.39 Å². The van der Waals surface area contributed by atoms with Crippen LogP contribution >= 0.6 is 0 Å². The van der Waals surface area contributed by atoms with Crippen molar-refractivity contribution < 1.29 is 4.39 Å². The van der Waals surface area contributed by atoms with Crippen molar-refractivity contribution in [3.63, 3.8) is 0 Å². The van der Waals surface area contributed by atoms with Gasteiger partial charge in [-0.1, -0.05) is 12.1 Å². The van der Waals surface area contributed by atoms with E-state index in [1.54, 1.807) is 6.07 Å². The maximum atomic E-state index is 13.2. The normalized spacial score (nSPS) is 36.9. The number of benzene rings is 1. The number of fused-ring (bicyclic) bond motifs is 1. The predicted octanol–water partition coefficient (Wildman–Crippen LogP) is 2.90. The molecule has 1 aromatic rings. The van der Waals surface area contributed by atoms with Crippen LogP contribution < -0.4 is 5.32 Å². The third-order valence-corrected chi connectivity index (χ3v) is 5.51. The first-order valence-corrected chi connectivity index (χ1v) is 8.05. The van der Waals surface area contributed by atoms with Gasteiger partial charge in [0.05, 0.1) is 0 Å². The van der Waals surface area contributed by atoms with Gasteiger partial charge in [-0.25, -0.2) is 4.39 Å². The minimum absolute atomic E-state index is 0.101. The Bertz CT molecular complexity index is 484. The third kappa shape index (κ3) is 2.27. The maximum absolute atomic E-state index is 13.2. The van der Waals surface area contributed by atoms with Crippen LogP contribution in [0, 0.1) is 5.82 Å². The van der Waals surface area contributed by atoms with Crippen LogP contribution in [0.5, 0.6) is 0 Å². The molecule has 2 heterocycles. The van der Waals surface area contributed by atoms with E-state index < -0.39 is 0 Å². The van der Waals surface area contributed by atoms with Gasteiger partial charge in [-0.3, -0.25) is 4.90 Å². The molecule has 0 aromatic heterocycles. The Balaban J connectivity index is 1.31. The van der Waals surface area contributed by atoms with Gasteiger partial charge in [0.15, 0.2) is 0 Å². The average Bonchev–Trinajstić information content (AvgIpc) is 2.97. The van der Waals surface area contributed by atoms with Crippen LogP contribution in [0.1, 0.15) is 43.6 Å². The van der Waals surface area contributed by atoms with Crippen molar-refractivity contribution in [1.82, 2.24) is 10.2 Å². The summed E-state index contributed by atoms with van der Waals surface area (Å²) in [5.41, 5.74) is 1.18. The maximum Gasteiger partial charge on any atom is 0.123 e. The molecule has 2 saturated heterocycles. The first kappa shape index (κ1) is 12.8. The molecule has 3 heteroatoms. The summed E-state index contributed by atoms with van der Waals surface area (Å²) in [6, 6.07) is 9.28. The Kier molecular flexibility index (Phi) is 3.27. The van der Waals surface area contributed by atoms with Crippen LogP contribution in [-0.2, 0) is 0 Å². The van der Waals surface area contributed by atoms with E-state index in [1.807, 2.05) is 6.07 Å². The van der Waals surface area contributed by atoms with Crippen LogP contribution in [0.15, 0.2) is 24.3 Å². The summed E-state index contributed by atoms with van der Waals surface area (Å²) in [5, 5.41) is 3.87. The largest absolute Gasteiger partial charge is 0.310 e. The molecule has 1 N–H and O–H groups in total. The summed E-state index contributed by atoms with van der Waals surface area (Å²) in [5.74, 6) is 0.459. The molecule has 0 amide bonds. The van der Waals surface area contributed by atoms with E-state index >= 15 is 0 Å². The van der Waals surface area contributed by atoms with E-state index in [9.17, 15) is 4.39 Å². The summed E-state index contributed by atoms with van der Waals surface area (Å²) in [4.78, 5) is 2.65. The van der Waals surface area contributed by atoms with Gasteiger partial charge in [0.2, 0.25) is 0 Å². The fourth-order valence-electron chi connectivity index (χ4n) is 4.37. The third-order valence-electron chi connectivity index (χ3n) is 5.51. The quantitative estimate of drug-likeness (QED) is 0.911. The Morgan fingerprint density at radius 2 is 2.05 bits per heavy atom. The molecule has 108 valence electrons. The smallest absolute Gasteiger partial charge is 0.123 e. The van der Waals surface area contributed by atoms with Crippen molar-refractivity contribution in [1.29, 1.82) is 0 Å². The molecule has 2 nitrogen and oxygen atoms in total. The second-order valence-corrected chi connectivity index (χ2v) is 6.73. The Morgan fingerprint density at radius 1 is 1.15 bits per heavy atom. The molecule has 3 fully saturated rings. The molecule has 0 radical (unpaired) electrons. The number of halogens is 1. The molecule has 3 aliphatic rings. The molecule has 1 saturated carbocycles. The van der Waals surface area contributed by atoms with E-state index in [4.69, 9.17) is 0 Å². The first-order valence-electron chi connectivity index (χ1n) is 8.05. The topological polar surface area (TPSA) is 15.3 Å². The predicted molar refractivity (Wildman–Crippen MR) is 78.3 cm³/mol. The SMILES string of the molecule is Fc1cccc(C2CC(NC3CCN4CCCC34)C2)c1. The summed E-state index contributed by atoms with van der Waals surface area (Å²) in [6.07, 6.45) is 6.41. The second-order valence-electron chi connectivity index (χ2n) is 6.73. The molecule has 0 bridgehead atoms. The zero-order valence-electron chi connectivity index (χ0n) is 11.9. The van der Waals surface area contributed by atoms with Gasteiger partial charge >= 0.3 is 0 Å². The molecule has 2 atom stereocenters.